The van der Waals surface area contributed by atoms with Gasteiger partial charge in [0.05, 0.1) is 0 Å². The van der Waals surface area contributed by atoms with Crippen LogP contribution < -0.4 is 4.74 Å². The van der Waals surface area contributed by atoms with Crippen LogP contribution in [0.2, 0.25) is 0 Å². The van der Waals surface area contributed by atoms with Crippen LogP contribution in [0.4, 0.5) is 0 Å². The average molecular weight is 240 g/mol. The van der Waals surface area contributed by atoms with Gasteiger partial charge in [0.1, 0.15) is 29.9 Å². The number of pyridine rings is 1. The summed E-state index contributed by atoms with van der Waals surface area (Å²) in [5.41, 5.74) is 1.99. The van der Waals surface area contributed by atoms with E-state index in [2.05, 4.69) is 4.98 Å². The highest BCUT2D eigenvalue weighted by atomic mass is 16.5. The van der Waals surface area contributed by atoms with E-state index in [0.29, 0.717) is 11.4 Å². The number of aromatic hydroxyl groups is 1. The maximum atomic E-state index is 9.45. The van der Waals surface area contributed by atoms with Gasteiger partial charge in [0.2, 0.25) is 0 Å². The third-order valence-electron chi connectivity index (χ3n) is 2.43. The molecule has 0 radical (unpaired) electrons. The van der Waals surface area contributed by atoms with Crippen LogP contribution in [0, 0.1) is 18.3 Å². The molecule has 90 valence electrons. The van der Waals surface area contributed by atoms with Gasteiger partial charge in [-0.25, -0.2) is 4.98 Å². The van der Waals surface area contributed by atoms with E-state index in [4.69, 9.17) is 10.00 Å². The second-order valence-corrected chi connectivity index (χ2v) is 3.92. The van der Waals surface area contributed by atoms with Crippen molar-refractivity contribution in [3.8, 4) is 17.6 Å². The van der Waals surface area contributed by atoms with Gasteiger partial charge in [-0.05, 0) is 30.7 Å². The lowest BCUT2D eigenvalue weighted by Gasteiger charge is -2.08. The third-order valence-corrected chi connectivity index (χ3v) is 2.43. The van der Waals surface area contributed by atoms with Gasteiger partial charge >= 0.3 is 0 Å². The molecule has 1 aromatic heterocycles. The Kier molecular flexibility index (Phi) is 3.44. The van der Waals surface area contributed by atoms with Crippen molar-refractivity contribution in [3.63, 3.8) is 0 Å². The Bertz CT molecular complexity index is 583. The number of phenols is 1. The second kappa shape index (κ2) is 5.19. The summed E-state index contributed by atoms with van der Waals surface area (Å²) in [6, 6.07) is 10.6. The van der Waals surface area contributed by atoms with Crippen LogP contribution in [-0.2, 0) is 6.61 Å². The predicted octanol–water partition coefficient (Wildman–Crippen LogP) is 2.55. The molecule has 0 saturated carbocycles. The fourth-order valence-corrected chi connectivity index (χ4v) is 1.63. The first-order chi connectivity index (χ1) is 8.69. The molecule has 2 rings (SSSR count). The first-order valence-corrected chi connectivity index (χ1v) is 5.46. The van der Waals surface area contributed by atoms with Gasteiger partial charge in [0.15, 0.2) is 0 Å². The van der Waals surface area contributed by atoms with Crippen LogP contribution in [0.1, 0.15) is 16.8 Å². The van der Waals surface area contributed by atoms with Crippen molar-refractivity contribution in [3.05, 3.63) is 53.3 Å². The van der Waals surface area contributed by atoms with E-state index in [0.717, 1.165) is 11.1 Å². The number of aromatic nitrogens is 1. The number of ether oxygens (including phenoxy) is 1. The standard InChI is InChI=1S/C14H12N2O2/c1-10-5-12(17)7-13(6-10)18-9-11-3-2-4-16-14(11)8-15/h2-7,17H,9H2,1H3. The molecule has 0 bridgehead atoms. The molecule has 0 saturated heterocycles. The summed E-state index contributed by atoms with van der Waals surface area (Å²) >= 11 is 0. The van der Waals surface area contributed by atoms with Gasteiger partial charge in [-0.15, -0.1) is 0 Å². The van der Waals surface area contributed by atoms with E-state index in [1.54, 1.807) is 24.4 Å². The van der Waals surface area contributed by atoms with Crippen molar-refractivity contribution in [2.45, 2.75) is 13.5 Å². The van der Waals surface area contributed by atoms with Crippen LogP contribution in [0.15, 0.2) is 36.5 Å². The minimum absolute atomic E-state index is 0.164. The van der Waals surface area contributed by atoms with Crippen LogP contribution in [-0.4, -0.2) is 10.1 Å². The number of rotatable bonds is 3. The van der Waals surface area contributed by atoms with E-state index in [9.17, 15) is 5.11 Å². The SMILES string of the molecule is Cc1cc(O)cc(OCc2cccnc2C#N)c1. The molecule has 4 heteroatoms. The maximum Gasteiger partial charge on any atom is 0.147 e. The lowest BCUT2D eigenvalue weighted by atomic mass is 10.2. The third kappa shape index (κ3) is 2.77. The number of benzene rings is 1. The normalized spacial score (nSPS) is 9.78. The fourth-order valence-electron chi connectivity index (χ4n) is 1.63. The number of nitrogens with zero attached hydrogens (tertiary/aromatic N) is 2. The van der Waals surface area contributed by atoms with Crippen molar-refractivity contribution in [1.29, 1.82) is 5.26 Å². The van der Waals surface area contributed by atoms with Crippen molar-refractivity contribution in [2.75, 3.05) is 0 Å². The maximum absolute atomic E-state index is 9.45. The first kappa shape index (κ1) is 11.9. The predicted molar refractivity (Wildman–Crippen MR) is 66.1 cm³/mol. The Hall–Kier alpha value is -2.54. The lowest BCUT2D eigenvalue weighted by molar-refractivity contribution is 0.303. The van der Waals surface area contributed by atoms with Crippen molar-refractivity contribution in [2.24, 2.45) is 0 Å². The number of hydrogen-bond acceptors (Lipinski definition) is 4. The summed E-state index contributed by atoms with van der Waals surface area (Å²) in [6.07, 6.45) is 1.57. The molecule has 0 fully saturated rings. The van der Waals surface area contributed by atoms with Gasteiger partial charge in [-0.3, -0.25) is 0 Å². The average Bonchev–Trinajstić information content (AvgIpc) is 2.35. The molecule has 0 aliphatic heterocycles. The van der Waals surface area contributed by atoms with Crippen LogP contribution in [0.5, 0.6) is 11.5 Å². The van der Waals surface area contributed by atoms with Crippen molar-refractivity contribution >= 4 is 0 Å². The molecule has 0 aliphatic rings. The van der Waals surface area contributed by atoms with E-state index >= 15 is 0 Å². The largest absolute Gasteiger partial charge is 0.508 e. The number of hydrogen-bond donors (Lipinski definition) is 1. The van der Waals surface area contributed by atoms with Gasteiger partial charge in [-0.2, -0.15) is 5.26 Å². The van der Waals surface area contributed by atoms with E-state index < -0.39 is 0 Å². The van der Waals surface area contributed by atoms with Crippen molar-refractivity contribution < 1.29 is 9.84 Å². The zero-order chi connectivity index (χ0) is 13.0. The zero-order valence-electron chi connectivity index (χ0n) is 9.92. The topological polar surface area (TPSA) is 66.1 Å². The molecule has 1 aromatic carbocycles. The molecule has 1 heterocycles. The van der Waals surface area contributed by atoms with Crippen molar-refractivity contribution in [1.82, 2.24) is 4.98 Å². The van der Waals surface area contributed by atoms with Crippen LogP contribution in [0.25, 0.3) is 0 Å². The Morgan fingerprint density at radius 1 is 1.39 bits per heavy atom. The van der Waals surface area contributed by atoms with Crippen LogP contribution in [0.3, 0.4) is 0 Å². The Balaban J connectivity index is 2.14. The molecule has 0 spiro atoms. The molecular formula is C14H12N2O2. The number of nitriles is 1. The Morgan fingerprint density at radius 3 is 2.94 bits per heavy atom. The number of aryl methyl sites for hydroxylation is 1. The minimum atomic E-state index is 0.164. The zero-order valence-corrected chi connectivity index (χ0v) is 9.92. The number of phenolic OH excluding ortho intramolecular Hbond substituents is 1. The van der Waals surface area contributed by atoms with Crippen LogP contribution >= 0.6 is 0 Å². The molecule has 4 nitrogen and oxygen atoms in total. The summed E-state index contributed by atoms with van der Waals surface area (Å²) in [5, 5.41) is 18.3. The Labute approximate surface area is 105 Å². The molecule has 0 unspecified atom stereocenters. The molecule has 1 N–H and O–H groups in total. The molecule has 18 heavy (non-hydrogen) atoms. The second-order valence-electron chi connectivity index (χ2n) is 3.92. The lowest BCUT2D eigenvalue weighted by Crippen LogP contribution is -1.99. The fraction of sp³-hybridized carbons (Fsp3) is 0.143. The smallest absolute Gasteiger partial charge is 0.147 e. The van der Waals surface area contributed by atoms with Gasteiger partial charge in [0.25, 0.3) is 0 Å². The molecule has 0 amide bonds. The quantitative estimate of drug-likeness (QED) is 0.895. The molecule has 0 aliphatic carbocycles. The molecular weight excluding hydrogens is 228 g/mol. The van der Waals surface area contributed by atoms with Gasteiger partial charge < -0.3 is 9.84 Å². The molecule has 0 atom stereocenters. The Morgan fingerprint density at radius 2 is 2.22 bits per heavy atom. The summed E-state index contributed by atoms with van der Waals surface area (Å²) in [6.45, 7) is 2.12. The summed E-state index contributed by atoms with van der Waals surface area (Å²) in [4.78, 5) is 3.95. The summed E-state index contributed by atoms with van der Waals surface area (Å²) < 4.78 is 5.55. The van der Waals surface area contributed by atoms with E-state index in [1.165, 1.54) is 6.07 Å². The highest BCUT2D eigenvalue weighted by Crippen LogP contribution is 2.22. The first-order valence-electron chi connectivity index (χ1n) is 5.46. The minimum Gasteiger partial charge on any atom is -0.508 e. The van der Waals surface area contributed by atoms with E-state index in [1.807, 2.05) is 19.1 Å². The summed E-state index contributed by atoms with van der Waals surface area (Å²) in [7, 11) is 0. The highest BCUT2D eigenvalue weighted by Gasteiger charge is 2.04. The van der Waals surface area contributed by atoms with Gasteiger partial charge in [0, 0.05) is 17.8 Å². The highest BCUT2D eigenvalue weighted by molar-refractivity contribution is 5.37. The monoisotopic (exact) mass is 240 g/mol. The van der Waals surface area contributed by atoms with Gasteiger partial charge in [-0.1, -0.05) is 6.07 Å². The molecule has 2 aromatic rings. The summed E-state index contributed by atoms with van der Waals surface area (Å²) in [5.74, 6) is 0.733. The van der Waals surface area contributed by atoms with E-state index in [-0.39, 0.29) is 12.4 Å².